The molecule has 2 rings (SSSR count). The minimum atomic E-state index is -0.840. The normalized spacial score (nSPS) is 23.7. The van der Waals surface area contributed by atoms with Gasteiger partial charge >= 0.3 is 5.97 Å². The molecule has 21 heavy (non-hydrogen) atoms. The van der Waals surface area contributed by atoms with Gasteiger partial charge in [0, 0.05) is 19.6 Å². The van der Waals surface area contributed by atoms with Gasteiger partial charge in [0.05, 0.1) is 18.6 Å². The van der Waals surface area contributed by atoms with Crippen molar-refractivity contribution < 1.29 is 24.5 Å². The molecule has 1 saturated carbocycles. The minimum absolute atomic E-state index is 0.0512. The van der Waals surface area contributed by atoms with Crippen LogP contribution in [-0.4, -0.2) is 47.4 Å². The van der Waals surface area contributed by atoms with Crippen LogP contribution in [0.4, 0.5) is 0 Å². The number of carbonyl (C=O) groups excluding carboxylic acids is 1. The summed E-state index contributed by atoms with van der Waals surface area (Å²) in [5, 5.41) is 21.6. The number of rotatable bonds is 6. The lowest BCUT2D eigenvalue weighted by Crippen LogP contribution is -2.55. The largest absolute Gasteiger partial charge is 0.481 e. The van der Waals surface area contributed by atoms with E-state index in [1.54, 1.807) is 0 Å². The van der Waals surface area contributed by atoms with Crippen LogP contribution in [0.5, 0.6) is 0 Å². The molecule has 0 unspecified atom stereocenters. The van der Waals surface area contributed by atoms with Crippen molar-refractivity contribution in [2.75, 3.05) is 19.8 Å². The van der Waals surface area contributed by atoms with E-state index in [9.17, 15) is 14.7 Å². The average Bonchev–Trinajstić information content (AvgIpc) is 2.86. The van der Waals surface area contributed by atoms with Gasteiger partial charge in [0.1, 0.15) is 0 Å². The molecule has 1 aliphatic carbocycles. The summed E-state index contributed by atoms with van der Waals surface area (Å²) in [4.78, 5) is 23.4. The van der Waals surface area contributed by atoms with Crippen molar-refractivity contribution in [3.8, 4) is 0 Å². The Morgan fingerprint density at radius 3 is 2.19 bits per heavy atom. The molecule has 1 amide bonds. The quantitative estimate of drug-likeness (QED) is 0.682. The zero-order chi connectivity index (χ0) is 15.3. The lowest BCUT2D eigenvalue weighted by Gasteiger charge is -2.37. The van der Waals surface area contributed by atoms with Gasteiger partial charge in [-0.2, -0.15) is 0 Å². The molecule has 0 bridgehead atoms. The molecule has 2 aliphatic rings. The highest BCUT2D eigenvalue weighted by atomic mass is 16.5. The third kappa shape index (κ3) is 4.17. The Morgan fingerprint density at radius 1 is 1.05 bits per heavy atom. The lowest BCUT2D eigenvalue weighted by molar-refractivity contribution is -0.140. The molecule has 3 N–H and O–H groups in total. The third-order valence-corrected chi connectivity index (χ3v) is 4.88. The van der Waals surface area contributed by atoms with Gasteiger partial charge in [-0.1, -0.05) is 12.8 Å². The highest BCUT2D eigenvalue weighted by Crippen LogP contribution is 2.44. The smallest absolute Gasteiger partial charge is 0.303 e. The van der Waals surface area contributed by atoms with Gasteiger partial charge in [-0.15, -0.1) is 0 Å². The van der Waals surface area contributed by atoms with Crippen LogP contribution < -0.4 is 5.32 Å². The van der Waals surface area contributed by atoms with E-state index in [4.69, 9.17) is 9.84 Å². The van der Waals surface area contributed by atoms with E-state index >= 15 is 0 Å². The Hall–Kier alpha value is -1.14. The number of nitrogens with one attached hydrogen (secondary N) is 1. The number of carboxylic acids is 1. The minimum Gasteiger partial charge on any atom is -0.481 e. The van der Waals surface area contributed by atoms with Crippen LogP contribution >= 0.6 is 0 Å². The van der Waals surface area contributed by atoms with E-state index < -0.39 is 16.9 Å². The van der Waals surface area contributed by atoms with E-state index in [2.05, 4.69) is 5.32 Å². The van der Waals surface area contributed by atoms with Crippen LogP contribution in [0.2, 0.25) is 0 Å². The zero-order valence-corrected chi connectivity index (χ0v) is 12.4. The Bertz CT molecular complexity index is 384. The molecular weight excluding hydrogens is 274 g/mol. The third-order valence-electron chi connectivity index (χ3n) is 4.88. The van der Waals surface area contributed by atoms with Crippen molar-refractivity contribution in [2.45, 2.75) is 56.9 Å². The van der Waals surface area contributed by atoms with Gasteiger partial charge in [0.15, 0.2) is 0 Å². The van der Waals surface area contributed by atoms with Crippen molar-refractivity contribution in [2.24, 2.45) is 5.41 Å². The molecule has 2 fully saturated rings. The molecule has 6 nitrogen and oxygen atoms in total. The SMILES string of the molecule is O=C(O)CC1(CC(=O)NC2(CO)CCOCC2)CCCC1. The summed E-state index contributed by atoms with van der Waals surface area (Å²) in [7, 11) is 0. The van der Waals surface area contributed by atoms with Crippen LogP contribution in [0, 0.1) is 5.41 Å². The topological polar surface area (TPSA) is 95.9 Å². The maximum Gasteiger partial charge on any atom is 0.303 e. The number of hydrogen-bond donors (Lipinski definition) is 3. The van der Waals surface area contributed by atoms with Crippen LogP contribution in [0.25, 0.3) is 0 Å². The predicted molar refractivity (Wildman–Crippen MR) is 75.8 cm³/mol. The average molecular weight is 299 g/mol. The second-order valence-electron chi connectivity index (χ2n) is 6.55. The van der Waals surface area contributed by atoms with Gasteiger partial charge < -0.3 is 20.3 Å². The fourth-order valence-corrected chi connectivity index (χ4v) is 3.63. The summed E-state index contributed by atoms with van der Waals surface area (Å²) < 4.78 is 5.27. The molecule has 6 heteroatoms. The van der Waals surface area contributed by atoms with Crippen molar-refractivity contribution in [1.82, 2.24) is 5.32 Å². The van der Waals surface area contributed by atoms with E-state index in [0.29, 0.717) is 26.1 Å². The monoisotopic (exact) mass is 299 g/mol. The number of ether oxygens (including phenoxy) is 1. The van der Waals surface area contributed by atoms with Crippen LogP contribution in [0.3, 0.4) is 0 Å². The number of carboxylic acid groups (broad SMARTS) is 1. The molecule has 0 radical (unpaired) electrons. The first-order valence-electron chi connectivity index (χ1n) is 7.71. The second kappa shape index (κ2) is 6.75. The van der Waals surface area contributed by atoms with Gasteiger partial charge in [-0.05, 0) is 31.1 Å². The summed E-state index contributed by atoms with van der Waals surface area (Å²) in [6, 6.07) is 0. The Kier molecular flexibility index (Phi) is 5.22. The molecule has 120 valence electrons. The first-order valence-corrected chi connectivity index (χ1v) is 7.71. The molecule has 1 heterocycles. The van der Waals surface area contributed by atoms with Crippen LogP contribution in [0.15, 0.2) is 0 Å². The maximum absolute atomic E-state index is 12.4. The molecule has 0 aromatic carbocycles. The highest BCUT2D eigenvalue weighted by Gasteiger charge is 2.40. The Morgan fingerprint density at radius 2 is 1.67 bits per heavy atom. The molecule has 1 aliphatic heterocycles. The lowest BCUT2D eigenvalue weighted by atomic mass is 9.78. The van der Waals surface area contributed by atoms with Gasteiger partial charge in [-0.25, -0.2) is 0 Å². The molecule has 0 aromatic rings. The molecule has 1 saturated heterocycles. The number of carbonyl (C=O) groups is 2. The molecule has 0 spiro atoms. The number of aliphatic hydroxyl groups excluding tert-OH is 1. The predicted octanol–water partition coefficient (Wildman–Crippen LogP) is 1.07. The van der Waals surface area contributed by atoms with E-state index in [1.807, 2.05) is 0 Å². The molecular formula is C15H25NO5. The number of hydrogen-bond acceptors (Lipinski definition) is 4. The van der Waals surface area contributed by atoms with Crippen molar-refractivity contribution >= 4 is 11.9 Å². The fraction of sp³-hybridized carbons (Fsp3) is 0.867. The number of aliphatic hydroxyl groups is 1. The number of amides is 1. The Labute approximate surface area is 124 Å². The maximum atomic E-state index is 12.4. The number of aliphatic carboxylic acids is 1. The van der Waals surface area contributed by atoms with Crippen LogP contribution in [0.1, 0.15) is 51.4 Å². The first-order chi connectivity index (χ1) is 9.99. The van der Waals surface area contributed by atoms with Crippen molar-refractivity contribution in [3.63, 3.8) is 0 Å². The first kappa shape index (κ1) is 16.2. The van der Waals surface area contributed by atoms with Gasteiger partial charge in [-0.3, -0.25) is 9.59 Å². The van der Waals surface area contributed by atoms with E-state index in [1.165, 1.54) is 0 Å². The fourth-order valence-electron chi connectivity index (χ4n) is 3.63. The summed E-state index contributed by atoms with van der Waals surface area (Å²) in [6.45, 7) is 0.955. The van der Waals surface area contributed by atoms with Gasteiger partial charge in [0.2, 0.25) is 5.91 Å². The summed E-state index contributed by atoms with van der Waals surface area (Å²) >= 11 is 0. The summed E-state index contributed by atoms with van der Waals surface area (Å²) in [5.74, 6) is -0.985. The van der Waals surface area contributed by atoms with Crippen molar-refractivity contribution in [3.05, 3.63) is 0 Å². The Balaban J connectivity index is 1.97. The highest BCUT2D eigenvalue weighted by molar-refractivity contribution is 5.79. The van der Waals surface area contributed by atoms with Gasteiger partial charge in [0.25, 0.3) is 0 Å². The van der Waals surface area contributed by atoms with Crippen molar-refractivity contribution in [1.29, 1.82) is 0 Å². The summed E-state index contributed by atoms with van der Waals surface area (Å²) in [5.41, 5.74) is -1.00. The zero-order valence-electron chi connectivity index (χ0n) is 12.4. The standard InChI is InChI=1S/C15H25NO5/c17-11-15(5-7-21-8-6-15)16-12(18)9-14(10-13(19)20)3-1-2-4-14/h17H,1-11H2,(H,16,18)(H,19,20). The van der Waals surface area contributed by atoms with E-state index in [0.717, 1.165) is 25.7 Å². The summed E-state index contributed by atoms with van der Waals surface area (Å²) in [6.07, 6.45) is 5.04. The van der Waals surface area contributed by atoms with E-state index in [-0.39, 0.29) is 25.4 Å². The molecule has 0 atom stereocenters. The van der Waals surface area contributed by atoms with Crippen LogP contribution in [-0.2, 0) is 14.3 Å². The molecule has 0 aromatic heterocycles. The second-order valence-corrected chi connectivity index (χ2v) is 6.55.